The zero-order chi connectivity index (χ0) is 18.5. The fourth-order valence-corrected chi connectivity index (χ4v) is 3.66. The molecule has 2 aromatic heterocycles. The van der Waals surface area contributed by atoms with Crippen LogP contribution in [0, 0.1) is 13.8 Å². The maximum Gasteiger partial charge on any atom is 0.258 e. The third-order valence-corrected chi connectivity index (χ3v) is 5.28. The number of hydrogen-bond donors (Lipinski definition) is 1. The second-order valence-corrected chi connectivity index (χ2v) is 7.56. The van der Waals surface area contributed by atoms with Crippen LogP contribution in [0.5, 0.6) is 0 Å². The third-order valence-electron chi connectivity index (χ3n) is 4.25. The van der Waals surface area contributed by atoms with E-state index >= 15 is 0 Å². The summed E-state index contributed by atoms with van der Waals surface area (Å²) < 4.78 is 34.7. The fourth-order valence-electron chi connectivity index (χ4n) is 2.78. The van der Waals surface area contributed by atoms with Crippen LogP contribution in [-0.2, 0) is 10.0 Å². The summed E-state index contributed by atoms with van der Waals surface area (Å²) in [4.78, 5) is 4.37. The highest BCUT2D eigenvalue weighted by Crippen LogP contribution is 2.30. The molecular weight excluding hydrogens is 354 g/mol. The molecule has 26 heavy (non-hydrogen) atoms. The second-order valence-electron chi connectivity index (χ2n) is 6.03. The predicted octanol–water partition coefficient (Wildman–Crippen LogP) is 3.41. The number of sulfonamides is 1. The molecule has 0 saturated carbocycles. The Hall–Kier alpha value is -2.97. The van der Waals surface area contributed by atoms with Crippen LogP contribution in [0.2, 0.25) is 0 Å². The van der Waals surface area contributed by atoms with E-state index in [1.54, 1.807) is 19.9 Å². The highest BCUT2D eigenvalue weighted by molar-refractivity contribution is 7.89. The molecule has 0 radical (unpaired) electrons. The molecule has 0 amide bonds. The van der Waals surface area contributed by atoms with E-state index in [9.17, 15) is 8.42 Å². The Morgan fingerprint density at radius 3 is 2.58 bits per heavy atom. The Bertz CT molecular complexity index is 1210. The van der Waals surface area contributed by atoms with Gasteiger partial charge in [0, 0.05) is 10.9 Å². The van der Waals surface area contributed by atoms with Crippen molar-refractivity contribution in [3.8, 4) is 23.0 Å². The molecular formula is C18H15N3O4S. The SMILES string of the molecule is Cc1cc(-c2nc(-c3cc4ccccc4o3)no2)cc(S(N)(=O)=O)c1C. The Morgan fingerprint density at radius 2 is 1.85 bits per heavy atom. The first-order chi connectivity index (χ1) is 12.3. The minimum Gasteiger partial charge on any atom is -0.453 e. The van der Waals surface area contributed by atoms with Gasteiger partial charge in [-0.3, -0.25) is 0 Å². The molecule has 2 heterocycles. The molecule has 0 unspecified atom stereocenters. The molecule has 2 N–H and O–H groups in total. The first-order valence-corrected chi connectivity index (χ1v) is 9.34. The average molecular weight is 369 g/mol. The van der Waals surface area contributed by atoms with Gasteiger partial charge in [-0.25, -0.2) is 13.6 Å². The first-order valence-electron chi connectivity index (χ1n) is 7.80. The zero-order valence-corrected chi connectivity index (χ0v) is 14.9. The molecule has 4 rings (SSSR count). The minimum absolute atomic E-state index is 0.0380. The number of fused-ring (bicyclic) bond motifs is 1. The summed E-state index contributed by atoms with van der Waals surface area (Å²) >= 11 is 0. The number of para-hydroxylation sites is 1. The standard InChI is InChI=1S/C18H15N3O4S/c1-10-7-13(9-16(11(10)2)26(19,22)23)18-20-17(21-25-18)15-8-12-5-3-4-6-14(12)24-15/h3-9H,1-2H3,(H2,19,22,23). The smallest absolute Gasteiger partial charge is 0.258 e. The highest BCUT2D eigenvalue weighted by Gasteiger charge is 2.19. The number of aromatic nitrogens is 2. The maximum atomic E-state index is 11.8. The largest absolute Gasteiger partial charge is 0.453 e. The lowest BCUT2D eigenvalue weighted by Crippen LogP contribution is -2.14. The van der Waals surface area contributed by atoms with Crippen molar-refractivity contribution in [3.63, 3.8) is 0 Å². The molecule has 0 bridgehead atoms. The summed E-state index contributed by atoms with van der Waals surface area (Å²) in [7, 11) is -3.86. The van der Waals surface area contributed by atoms with Gasteiger partial charge in [0.2, 0.25) is 15.8 Å². The summed E-state index contributed by atoms with van der Waals surface area (Å²) in [6.45, 7) is 3.50. The van der Waals surface area contributed by atoms with Gasteiger partial charge in [-0.2, -0.15) is 4.98 Å². The van der Waals surface area contributed by atoms with Crippen molar-refractivity contribution in [2.45, 2.75) is 18.7 Å². The summed E-state index contributed by atoms with van der Waals surface area (Å²) in [5, 5.41) is 10.2. The van der Waals surface area contributed by atoms with E-state index < -0.39 is 10.0 Å². The number of benzene rings is 2. The van der Waals surface area contributed by atoms with E-state index in [0.717, 1.165) is 16.5 Å². The quantitative estimate of drug-likeness (QED) is 0.592. The van der Waals surface area contributed by atoms with Crippen molar-refractivity contribution in [2.75, 3.05) is 0 Å². The molecule has 0 aliphatic rings. The number of hydrogen-bond acceptors (Lipinski definition) is 6. The summed E-state index contributed by atoms with van der Waals surface area (Å²) in [6, 6.07) is 12.6. The van der Waals surface area contributed by atoms with Crippen LogP contribution in [-0.4, -0.2) is 18.6 Å². The van der Waals surface area contributed by atoms with Gasteiger partial charge in [0.05, 0.1) is 4.90 Å². The van der Waals surface area contributed by atoms with Crippen molar-refractivity contribution < 1.29 is 17.4 Å². The predicted molar refractivity (Wildman–Crippen MR) is 95.8 cm³/mol. The molecule has 132 valence electrons. The number of furan rings is 1. The van der Waals surface area contributed by atoms with Gasteiger partial charge in [-0.15, -0.1) is 0 Å². The van der Waals surface area contributed by atoms with Crippen LogP contribution in [0.25, 0.3) is 34.0 Å². The van der Waals surface area contributed by atoms with E-state index in [1.807, 2.05) is 30.3 Å². The van der Waals surface area contributed by atoms with Crippen molar-refractivity contribution in [2.24, 2.45) is 5.14 Å². The van der Waals surface area contributed by atoms with Crippen molar-refractivity contribution in [3.05, 3.63) is 53.6 Å². The Morgan fingerprint density at radius 1 is 1.08 bits per heavy atom. The first kappa shape index (κ1) is 16.5. The monoisotopic (exact) mass is 369 g/mol. The van der Waals surface area contributed by atoms with Crippen molar-refractivity contribution in [1.29, 1.82) is 0 Å². The lowest BCUT2D eigenvalue weighted by molar-refractivity contribution is 0.430. The van der Waals surface area contributed by atoms with Crippen molar-refractivity contribution >= 4 is 21.0 Å². The molecule has 2 aromatic carbocycles. The van der Waals surface area contributed by atoms with Gasteiger partial charge >= 0.3 is 0 Å². The summed E-state index contributed by atoms with van der Waals surface area (Å²) in [6.07, 6.45) is 0. The molecule has 0 fully saturated rings. The van der Waals surface area contributed by atoms with E-state index in [-0.39, 0.29) is 16.6 Å². The Labute approximate surface area is 149 Å². The fraction of sp³-hybridized carbons (Fsp3) is 0.111. The molecule has 0 saturated heterocycles. The molecule has 4 aromatic rings. The van der Waals surface area contributed by atoms with Gasteiger partial charge in [0.25, 0.3) is 5.89 Å². The van der Waals surface area contributed by atoms with Gasteiger partial charge < -0.3 is 8.94 Å². The topological polar surface area (TPSA) is 112 Å². The van der Waals surface area contributed by atoms with E-state index in [2.05, 4.69) is 10.1 Å². The molecule has 8 heteroatoms. The Kier molecular flexibility index (Phi) is 3.67. The maximum absolute atomic E-state index is 11.8. The van der Waals surface area contributed by atoms with Gasteiger partial charge in [-0.05, 0) is 49.2 Å². The lowest BCUT2D eigenvalue weighted by atomic mass is 10.1. The van der Waals surface area contributed by atoms with Crippen LogP contribution < -0.4 is 5.14 Å². The zero-order valence-electron chi connectivity index (χ0n) is 14.1. The third kappa shape index (κ3) is 2.79. The number of nitrogens with two attached hydrogens (primary N) is 1. The molecule has 7 nitrogen and oxygen atoms in total. The summed E-state index contributed by atoms with van der Waals surface area (Å²) in [5.41, 5.74) is 2.55. The van der Waals surface area contributed by atoms with Crippen LogP contribution in [0.15, 0.2) is 56.3 Å². The number of nitrogens with zero attached hydrogens (tertiary/aromatic N) is 2. The van der Waals surface area contributed by atoms with Crippen LogP contribution in [0.3, 0.4) is 0 Å². The van der Waals surface area contributed by atoms with E-state index in [0.29, 0.717) is 16.9 Å². The molecule has 0 aliphatic carbocycles. The average Bonchev–Trinajstić information content (AvgIpc) is 3.22. The number of primary sulfonamides is 1. The number of aryl methyl sites for hydroxylation is 1. The molecule has 0 aliphatic heterocycles. The molecule has 0 spiro atoms. The van der Waals surface area contributed by atoms with Gasteiger partial charge in [-0.1, -0.05) is 23.4 Å². The van der Waals surface area contributed by atoms with E-state index in [1.165, 1.54) is 6.07 Å². The second kappa shape index (κ2) is 5.79. The minimum atomic E-state index is -3.86. The lowest BCUT2D eigenvalue weighted by Gasteiger charge is -2.08. The molecule has 0 atom stereocenters. The summed E-state index contributed by atoms with van der Waals surface area (Å²) in [5.74, 6) is 0.941. The normalized spacial score (nSPS) is 12.0. The van der Waals surface area contributed by atoms with E-state index in [4.69, 9.17) is 14.1 Å². The Balaban J connectivity index is 1.80. The van der Waals surface area contributed by atoms with Crippen LogP contribution in [0.1, 0.15) is 11.1 Å². The van der Waals surface area contributed by atoms with Crippen LogP contribution >= 0.6 is 0 Å². The van der Waals surface area contributed by atoms with Gasteiger partial charge in [0.1, 0.15) is 5.58 Å². The number of rotatable bonds is 3. The van der Waals surface area contributed by atoms with Crippen molar-refractivity contribution in [1.82, 2.24) is 10.1 Å². The van der Waals surface area contributed by atoms with Crippen LogP contribution in [0.4, 0.5) is 0 Å². The van der Waals surface area contributed by atoms with Gasteiger partial charge in [0.15, 0.2) is 5.76 Å². The highest BCUT2D eigenvalue weighted by atomic mass is 32.2.